The van der Waals surface area contributed by atoms with Crippen LogP contribution in [-0.2, 0) is 6.42 Å². The van der Waals surface area contributed by atoms with Crippen molar-refractivity contribution in [1.82, 2.24) is 14.9 Å². The molecule has 2 N–H and O–H groups in total. The molecule has 0 aliphatic heterocycles. The van der Waals surface area contributed by atoms with Gasteiger partial charge in [0.15, 0.2) is 17.3 Å². The molecule has 0 aliphatic rings. The first-order valence-electron chi connectivity index (χ1n) is 5.84. The van der Waals surface area contributed by atoms with E-state index in [1.807, 2.05) is 6.92 Å². The van der Waals surface area contributed by atoms with Crippen molar-refractivity contribution in [3.05, 3.63) is 32.8 Å². The summed E-state index contributed by atoms with van der Waals surface area (Å²) in [6, 6.07) is 3.41. The Morgan fingerprint density at radius 3 is 3.00 bits per heavy atom. The molecule has 1 aromatic carbocycles. The Morgan fingerprint density at radius 1 is 1.60 bits per heavy atom. The first-order chi connectivity index (χ1) is 9.56. The molecule has 1 aromatic heterocycles. The molecule has 0 spiro atoms. The Bertz CT molecular complexity index is 708. The zero-order chi connectivity index (χ0) is 14.7. The number of rotatable bonds is 4. The number of aromatic amines is 1. The van der Waals surface area contributed by atoms with Crippen LogP contribution in [0.1, 0.15) is 18.3 Å². The number of nitrogens with one attached hydrogen (secondary N) is 1. The van der Waals surface area contributed by atoms with Crippen molar-refractivity contribution >= 4 is 34.4 Å². The highest BCUT2D eigenvalue weighted by molar-refractivity contribution is 9.10. The summed E-state index contributed by atoms with van der Waals surface area (Å²) in [4.78, 5) is 0. The zero-order valence-corrected chi connectivity index (χ0v) is 13.3. The van der Waals surface area contributed by atoms with Crippen LogP contribution >= 0.6 is 28.1 Å². The van der Waals surface area contributed by atoms with E-state index >= 15 is 0 Å². The fourth-order valence-electron chi connectivity index (χ4n) is 1.62. The molecule has 1 heterocycles. The summed E-state index contributed by atoms with van der Waals surface area (Å²) in [5.74, 6) is 1.17. The standard InChI is InChI=1S/C12H13BrN4O2S/c1-3-10-15-16-12(20)17(10)14-6-7-4-8(13)11(18)9(5-7)19-2/h4-6,18H,3H2,1-2H3,(H,16,20)/b14-6-. The van der Waals surface area contributed by atoms with Crippen LogP contribution in [0.15, 0.2) is 21.7 Å². The van der Waals surface area contributed by atoms with E-state index in [2.05, 4.69) is 31.2 Å². The summed E-state index contributed by atoms with van der Waals surface area (Å²) in [5.41, 5.74) is 0.761. The van der Waals surface area contributed by atoms with Crippen molar-refractivity contribution in [3.8, 4) is 11.5 Å². The lowest BCUT2D eigenvalue weighted by atomic mass is 10.2. The topological polar surface area (TPSA) is 75.4 Å². The molecule has 0 saturated heterocycles. The Balaban J connectivity index is 2.39. The van der Waals surface area contributed by atoms with Gasteiger partial charge >= 0.3 is 0 Å². The molecule has 8 heteroatoms. The monoisotopic (exact) mass is 356 g/mol. The van der Waals surface area contributed by atoms with Crippen molar-refractivity contribution in [2.45, 2.75) is 13.3 Å². The molecular formula is C12H13BrN4O2S. The van der Waals surface area contributed by atoms with E-state index in [1.54, 1.807) is 23.0 Å². The van der Waals surface area contributed by atoms with E-state index in [4.69, 9.17) is 17.0 Å². The van der Waals surface area contributed by atoms with Gasteiger partial charge in [-0.05, 0) is 45.8 Å². The molecule has 106 valence electrons. The summed E-state index contributed by atoms with van der Waals surface area (Å²) in [5, 5.41) is 20.8. The molecule has 0 radical (unpaired) electrons. The van der Waals surface area contributed by atoms with Crippen LogP contribution in [0, 0.1) is 4.77 Å². The van der Waals surface area contributed by atoms with E-state index in [-0.39, 0.29) is 5.75 Å². The SMILES string of the molecule is CCc1n[nH]c(=S)n1/N=C\c1cc(Br)c(O)c(OC)c1. The number of phenols is 1. The van der Waals surface area contributed by atoms with Crippen molar-refractivity contribution in [2.75, 3.05) is 7.11 Å². The van der Waals surface area contributed by atoms with Gasteiger partial charge in [0, 0.05) is 6.42 Å². The Morgan fingerprint density at radius 2 is 2.35 bits per heavy atom. The molecule has 0 atom stereocenters. The minimum atomic E-state index is 0.0545. The molecule has 0 aliphatic carbocycles. The smallest absolute Gasteiger partial charge is 0.216 e. The number of benzene rings is 1. The highest BCUT2D eigenvalue weighted by Gasteiger charge is 2.08. The normalized spacial score (nSPS) is 11.2. The fourth-order valence-corrected chi connectivity index (χ4v) is 2.28. The number of aryl methyl sites for hydroxylation is 1. The first kappa shape index (κ1) is 14.7. The van der Waals surface area contributed by atoms with Gasteiger partial charge in [-0.2, -0.15) is 14.9 Å². The molecule has 0 fully saturated rings. The number of phenolic OH excluding ortho intramolecular Hbond substituents is 1. The third-order valence-corrected chi connectivity index (χ3v) is 3.50. The molecule has 0 amide bonds. The van der Waals surface area contributed by atoms with Crippen molar-refractivity contribution in [2.24, 2.45) is 5.10 Å². The van der Waals surface area contributed by atoms with Crippen LogP contribution in [0.5, 0.6) is 11.5 Å². The highest BCUT2D eigenvalue weighted by Crippen LogP contribution is 2.34. The van der Waals surface area contributed by atoms with Gasteiger partial charge in [0.1, 0.15) is 0 Å². The second-order valence-corrected chi connectivity index (χ2v) is 5.15. The van der Waals surface area contributed by atoms with Gasteiger partial charge in [-0.3, -0.25) is 5.10 Å². The van der Waals surface area contributed by atoms with Gasteiger partial charge in [0.05, 0.1) is 17.8 Å². The Labute approximate surface area is 129 Å². The van der Waals surface area contributed by atoms with Gasteiger partial charge in [0.2, 0.25) is 4.77 Å². The van der Waals surface area contributed by atoms with Gasteiger partial charge in [-0.1, -0.05) is 6.92 Å². The summed E-state index contributed by atoms with van der Waals surface area (Å²) in [6.07, 6.45) is 2.34. The number of methoxy groups -OCH3 is 1. The summed E-state index contributed by atoms with van der Waals surface area (Å²) >= 11 is 8.37. The molecule has 0 bridgehead atoms. The Hall–Kier alpha value is -1.67. The fraction of sp³-hybridized carbons (Fsp3) is 0.250. The third kappa shape index (κ3) is 2.91. The number of hydrogen-bond donors (Lipinski definition) is 2. The predicted octanol–water partition coefficient (Wildman–Crippen LogP) is 2.86. The van der Waals surface area contributed by atoms with Crippen molar-refractivity contribution < 1.29 is 9.84 Å². The molecule has 2 aromatic rings. The van der Waals surface area contributed by atoms with Gasteiger partial charge < -0.3 is 9.84 Å². The largest absolute Gasteiger partial charge is 0.503 e. The van der Waals surface area contributed by atoms with Gasteiger partial charge in [0.25, 0.3) is 0 Å². The lowest BCUT2D eigenvalue weighted by Gasteiger charge is -2.06. The van der Waals surface area contributed by atoms with Crippen LogP contribution in [0.25, 0.3) is 0 Å². The lowest BCUT2D eigenvalue weighted by molar-refractivity contribution is 0.372. The first-order valence-corrected chi connectivity index (χ1v) is 7.04. The minimum Gasteiger partial charge on any atom is -0.503 e. The number of aromatic nitrogens is 3. The van der Waals surface area contributed by atoms with Crippen LogP contribution < -0.4 is 4.74 Å². The van der Waals surface area contributed by atoms with Crippen LogP contribution in [0.2, 0.25) is 0 Å². The molecule has 6 nitrogen and oxygen atoms in total. The van der Waals surface area contributed by atoms with Crippen LogP contribution in [-0.4, -0.2) is 33.3 Å². The van der Waals surface area contributed by atoms with E-state index in [0.717, 1.165) is 11.4 Å². The predicted molar refractivity (Wildman–Crippen MR) is 82.1 cm³/mol. The molecular weight excluding hydrogens is 344 g/mol. The summed E-state index contributed by atoms with van der Waals surface area (Å²) < 4.78 is 7.61. The average molecular weight is 357 g/mol. The number of H-pyrrole nitrogens is 1. The third-order valence-electron chi connectivity index (χ3n) is 2.63. The van der Waals surface area contributed by atoms with Gasteiger partial charge in [-0.25, -0.2) is 0 Å². The van der Waals surface area contributed by atoms with Gasteiger partial charge in [-0.15, -0.1) is 0 Å². The minimum absolute atomic E-state index is 0.0545. The van der Waals surface area contributed by atoms with Crippen molar-refractivity contribution in [1.29, 1.82) is 0 Å². The lowest BCUT2D eigenvalue weighted by Crippen LogP contribution is -1.97. The highest BCUT2D eigenvalue weighted by atomic mass is 79.9. The average Bonchev–Trinajstić information content (AvgIpc) is 2.80. The van der Waals surface area contributed by atoms with E-state index in [0.29, 0.717) is 21.4 Å². The number of nitrogens with zero attached hydrogens (tertiary/aromatic N) is 3. The maximum Gasteiger partial charge on any atom is 0.216 e. The van der Waals surface area contributed by atoms with Crippen molar-refractivity contribution in [3.63, 3.8) is 0 Å². The summed E-state index contributed by atoms with van der Waals surface area (Å²) in [7, 11) is 1.49. The summed E-state index contributed by atoms with van der Waals surface area (Å²) in [6.45, 7) is 1.97. The maximum absolute atomic E-state index is 9.75. The molecule has 2 rings (SSSR count). The molecule has 20 heavy (non-hydrogen) atoms. The van der Waals surface area contributed by atoms with Crippen LogP contribution in [0.3, 0.4) is 0 Å². The second-order valence-electron chi connectivity index (χ2n) is 3.91. The van der Waals surface area contributed by atoms with E-state index in [9.17, 15) is 5.11 Å². The molecule has 0 unspecified atom stereocenters. The number of ether oxygens (including phenoxy) is 1. The Kier molecular flexibility index (Phi) is 4.56. The van der Waals surface area contributed by atoms with E-state index < -0.39 is 0 Å². The second kappa shape index (κ2) is 6.19. The quantitative estimate of drug-likeness (QED) is 0.652. The molecule has 0 saturated carbocycles. The van der Waals surface area contributed by atoms with Crippen LogP contribution in [0.4, 0.5) is 0 Å². The number of halogens is 1. The van der Waals surface area contributed by atoms with E-state index in [1.165, 1.54) is 7.11 Å². The number of hydrogen-bond acceptors (Lipinski definition) is 5. The number of aromatic hydroxyl groups is 1. The zero-order valence-electron chi connectivity index (χ0n) is 10.9. The maximum atomic E-state index is 9.75.